The Kier molecular flexibility index (Phi) is 9.38. The molecular formula is C6H11O6PS3. The van der Waals surface area contributed by atoms with Gasteiger partial charge in [-0.05, 0) is 0 Å². The normalized spacial score (nSPS) is 14.3. The zero-order valence-corrected chi connectivity index (χ0v) is 11.7. The fourth-order valence-electron chi connectivity index (χ4n) is 0.594. The van der Waals surface area contributed by atoms with E-state index in [0.717, 1.165) is 23.0 Å². The van der Waals surface area contributed by atoms with Crippen LogP contribution in [0.15, 0.2) is 0 Å². The smallest absolute Gasteiger partial charge is 0.317 e. The number of carboxylic acids is 2. The van der Waals surface area contributed by atoms with Crippen molar-refractivity contribution in [2.24, 2.45) is 0 Å². The van der Waals surface area contributed by atoms with Gasteiger partial charge in [0.1, 0.15) is 5.25 Å². The largest absolute Gasteiger partial charge is 0.481 e. The molecule has 94 valence electrons. The average Bonchev–Trinajstić information content (AvgIpc) is 2.16. The third kappa shape index (κ3) is 8.37. The summed E-state index contributed by atoms with van der Waals surface area (Å²) in [5.74, 6) is -2.33. The molecule has 2 atom stereocenters. The lowest BCUT2D eigenvalue weighted by atomic mass is 10.3. The first kappa shape index (κ1) is 16.2. The van der Waals surface area contributed by atoms with Crippen LogP contribution in [0.4, 0.5) is 0 Å². The first-order chi connectivity index (χ1) is 7.47. The molecule has 6 nitrogen and oxygen atoms in total. The van der Waals surface area contributed by atoms with E-state index in [0.29, 0.717) is 0 Å². The highest BCUT2D eigenvalue weighted by atomic mass is 33.2. The molecule has 10 heteroatoms. The molecule has 0 aromatic rings. The Morgan fingerprint density at radius 3 is 2.56 bits per heavy atom. The predicted molar refractivity (Wildman–Crippen MR) is 67.5 cm³/mol. The van der Waals surface area contributed by atoms with Gasteiger partial charge in [0.05, 0.1) is 11.5 Å². The molecule has 0 aliphatic rings. The van der Waals surface area contributed by atoms with Crippen molar-refractivity contribution in [3.63, 3.8) is 0 Å². The number of carbonyl (C=O) groups is 2. The van der Waals surface area contributed by atoms with Gasteiger partial charge >= 0.3 is 11.9 Å². The molecule has 0 radical (unpaired) electrons. The number of ether oxygens (including phenoxy) is 1. The molecular weight excluding hydrogens is 295 g/mol. The van der Waals surface area contributed by atoms with Gasteiger partial charge in [-0.2, -0.15) is 0 Å². The summed E-state index contributed by atoms with van der Waals surface area (Å²) in [5.41, 5.74) is 0. The van der Waals surface area contributed by atoms with Gasteiger partial charge in [0, 0.05) is 18.8 Å². The van der Waals surface area contributed by atoms with E-state index < -0.39 is 28.7 Å². The van der Waals surface area contributed by atoms with Crippen molar-refractivity contribution in [1.29, 1.82) is 0 Å². The number of carboxylic acid groups (broad SMARTS) is 2. The predicted octanol–water partition coefficient (Wildman–Crippen LogP) is 1.42. The van der Waals surface area contributed by atoms with Gasteiger partial charge in [0.25, 0.3) is 0 Å². The number of methoxy groups -OCH3 is 1. The minimum absolute atomic E-state index is 0.0622. The van der Waals surface area contributed by atoms with Crippen molar-refractivity contribution in [3.8, 4) is 0 Å². The second-order valence-electron chi connectivity index (χ2n) is 2.40. The third-order valence-electron chi connectivity index (χ3n) is 1.17. The zero-order chi connectivity index (χ0) is 12.6. The lowest BCUT2D eigenvalue weighted by molar-refractivity contribution is -0.142. The first-order valence-corrected chi connectivity index (χ1v) is 9.61. The van der Waals surface area contributed by atoms with E-state index in [-0.39, 0.29) is 6.79 Å². The number of hydrogen-bond acceptors (Lipinski definition) is 7. The average molecular weight is 306 g/mol. The Morgan fingerprint density at radius 1 is 1.50 bits per heavy atom. The van der Waals surface area contributed by atoms with Crippen LogP contribution in [0, 0.1) is 0 Å². The van der Waals surface area contributed by atoms with Gasteiger partial charge < -0.3 is 14.9 Å². The molecule has 2 unspecified atom stereocenters. The molecule has 0 saturated heterocycles. The van der Waals surface area contributed by atoms with Gasteiger partial charge in [0.2, 0.25) is 0 Å². The number of aliphatic carboxylic acids is 2. The molecule has 0 spiro atoms. The second kappa shape index (κ2) is 9.26. The highest BCUT2D eigenvalue weighted by Gasteiger charge is 2.23. The standard InChI is InChI=1S/C6H11O6PS3/c1-11-3-12-16-13(14)15-4(6(9)10)2-5(7)8/h4,13H,2-3H2,1H3,(H,7,8)(H,9,10). The first-order valence-electron chi connectivity index (χ1n) is 3.91. The highest BCUT2D eigenvalue weighted by molar-refractivity contribution is 8.93. The monoisotopic (exact) mass is 306 g/mol. The summed E-state index contributed by atoms with van der Waals surface area (Å²) in [6, 6.07) is 0. The summed E-state index contributed by atoms with van der Waals surface area (Å²) in [6.45, 7) is 0.0622. The molecule has 0 amide bonds. The lowest BCUT2D eigenvalue weighted by Gasteiger charge is -2.10. The van der Waals surface area contributed by atoms with E-state index in [9.17, 15) is 9.59 Å². The van der Waals surface area contributed by atoms with E-state index in [2.05, 4.69) is 4.74 Å². The fourth-order valence-corrected chi connectivity index (χ4v) is 6.54. The van der Waals surface area contributed by atoms with E-state index in [1.165, 1.54) is 7.11 Å². The van der Waals surface area contributed by atoms with E-state index >= 15 is 0 Å². The Hall–Kier alpha value is 0.210. The Bertz CT molecular complexity index is 273. The third-order valence-corrected chi connectivity index (χ3v) is 7.51. The fraction of sp³-hybridized carbons (Fsp3) is 0.667. The van der Waals surface area contributed by atoms with Gasteiger partial charge in [-0.15, -0.1) is 0 Å². The topological polar surface area (TPSA) is 93.1 Å². The van der Waals surface area contributed by atoms with Gasteiger partial charge in [-0.3, -0.25) is 13.8 Å². The molecule has 0 saturated carbocycles. The van der Waals surface area contributed by atoms with Crippen LogP contribution in [0.5, 0.6) is 0 Å². The molecule has 0 rings (SSSR count). The molecule has 0 aliphatic heterocycles. The summed E-state index contributed by atoms with van der Waals surface area (Å²) >= 11 is 6.91. The molecule has 0 aromatic carbocycles. The summed E-state index contributed by atoms with van der Waals surface area (Å²) in [6.07, 6.45) is -0.449. The second-order valence-corrected chi connectivity index (χ2v) is 11.3. The molecule has 16 heavy (non-hydrogen) atoms. The SMILES string of the molecule is COCOS[PH](=S)SC(CC(=O)O)C(=O)O. The maximum atomic E-state index is 10.7. The van der Waals surface area contributed by atoms with Crippen LogP contribution in [-0.2, 0) is 30.3 Å². The van der Waals surface area contributed by atoms with Gasteiger partial charge in [0.15, 0.2) is 6.79 Å². The van der Waals surface area contributed by atoms with E-state index in [4.69, 9.17) is 26.2 Å². The molecule has 0 aliphatic carbocycles. The minimum atomic E-state index is -1.58. The minimum Gasteiger partial charge on any atom is -0.481 e. The maximum Gasteiger partial charge on any atom is 0.317 e. The van der Waals surface area contributed by atoms with Crippen molar-refractivity contribution < 1.29 is 28.7 Å². The van der Waals surface area contributed by atoms with Crippen LogP contribution >= 0.6 is 28.1 Å². The summed E-state index contributed by atoms with van der Waals surface area (Å²) in [4.78, 5) is 21.1. The Morgan fingerprint density at radius 2 is 2.12 bits per heavy atom. The quantitative estimate of drug-likeness (QED) is 0.284. The van der Waals surface area contributed by atoms with Crippen molar-refractivity contribution in [1.82, 2.24) is 0 Å². The lowest BCUT2D eigenvalue weighted by Crippen LogP contribution is -2.19. The van der Waals surface area contributed by atoms with Gasteiger partial charge in [-0.1, -0.05) is 23.2 Å². The molecule has 0 heterocycles. The Labute approximate surface area is 106 Å². The van der Waals surface area contributed by atoms with Crippen LogP contribution in [0.1, 0.15) is 6.42 Å². The van der Waals surface area contributed by atoms with Crippen LogP contribution < -0.4 is 0 Å². The van der Waals surface area contributed by atoms with Crippen LogP contribution in [-0.4, -0.2) is 41.3 Å². The van der Waals surface area contributed by atoms with Crippen molar-refractivity contribution in [2.45, 2.75) is 11.7 Å². The zero-order valence-electron chi connectivity index (χ0n) is 8.24. The van der Waals surface area contributed by atoms with Gasteiger partial charge in [-0.25, -0.2) is 0 Å². The molecule has 0 fully saturated rings. The molecule has 2 N–H and O–H groups in total. The summed E-state index contributed by atoms with van der Waals surface area (Å²) < 4.78 is 9.52. The highest BCUT2D eigenvalue weighted by Crippen LogP contribution is 2.53. The van der Waals surface area contributed by atoms with Crippen molar-refractivity contribution in [3.05, 3.63) is 0 Å². The van der Waals surface area contributed by atoms with Crippen LogP contribution in [0.3, 0.4) is 0 Å². The number of rotatable bonds is 9. The molecule has 0 bridgehead atoms. The van der Waals surface area contributed by atoms with E-state index in [1.54, 1.807) is 0 Å². The Balaban J connectivity index is 4.03. The molecule has 0 aromatic heterocycles. The summed E-state index contributed by atoms with van der Waals surface area (Å²) in [5, 5.41) is 14.7. The van der Waals surface area contributed by atoms with Crippen molar-refractivity contribution >= 4 is 51.9 Å². The summed E-state index contributed by atoms with van der Waals surface area (Å²) in [7, 11) is 1.45. The van der Waals surface area contributed by atoms with Crippen LogP contribution in [0.25, 0.3) is 0 Å². The number of hydrogen-bond donors (Lipinski definition) is 2. The van der Waals surface area contributed by atoms with Crippen LogP contribution in [0.2, 0.25) is 0 Å². The maximum absolute atomic E-state index is 10.7. The van der Waals surface area contributed by atoms with E-state index in [1.807, 2.05) is 0 Å². The van der Waals surface area contributed by atoms with Crippen molar-refractivity contribution in [2.75, 3.05) is 13.9 Å².